The Bertz CT molecular complexity index is 328. The van der Waals surface area contributed by atoms with Crippen molar-refractivity contribution in [3.8, 4) is 0 Å². The van der Waals surface area contributed by atoms with E-state index in [1.54, 1.807) is 0 Å². The molecular formula is C15H27LiN2O3. The van der Waals surface area contributed by atoms with Gasteiger partial charge in [-0.25, -0.2) is 0 Å². The molecule has 1 heterocycles. The van der Waals surface area contributed by atoms with Crippen molar-refractivity contribution in [3.63, 3.8) is 0 Å². The van der Waals surface area contributed by atoms with Crippen LogP contribution in [0.2, 0.25) is 0 Å². The van der Waals surface area contributed by atoms with Crippen LogP contribution in [0.25, 0.3) is 0 Å². The second kappa shape index (κ2) is 8.82. The number of likely N-dealkylation sites (tertiary alicyclic amines) is 1. The monoisotopic (exact) mass is 290 g/mol. The van der Waals surface area contributed by atoms with Crippen molar-refractivity contribution in [2.75, 3.05) is 13.1 Å². The molecule has 1 saturated heterocycles. The van der Waals surface area contributed by atoms with Crippen molar-refractivity contribution in [2.45, 2.75) is 63.5 Å². The average molecular weight is 290 g/mol. The molecule has 1 aliphatic heterocycles. The average Bonchev–Trinajstić information content (AvgIpc) is 2.48. The van der Waals surface area contributed by atoms with Gasteiger partial charge in [0.15, 0.2) is 0 Å². The van der Waals surface area contributed by atoms with Crippen molar-refractivity contribution in [2.24, 2.45) is 5.92 Å². The molecule has 1 unspecified atom stereocenters. The third kappa shape index (κ3) is 4.48. The number of carbonyl (C=O) groups is 2. The number of nitrogens with zero attached hydrogens (tertiary/aromatic N) is 1. The van der Waals surface area contributed by atoms with Crippen molar-refractivity contribution in [3.05, 3.63) is 0 Å². The topological polar surface area (TPSA) is 69.6 Å². The summed E-state index contributed by atoms with van der Waals surface area (Å²) >= 11 is 0. The van der Waals surface area contributed by atoms with Crippen LogP contribution in [-0.2, 0) is 9.59 Å². The maximum absolute atomic E-state index is 11.4. The Labute approximate surface area is 140 Å². The van der Waals surface area contributed by atoms with Gasteiger partial charge >= 0.3 is 24.8 Å². The van der Waals surface area contributed by atoms with Gasteiger partial charge in [0.1, 0.15) is 5.66 Å². The van der Waals surface area contributed by atoms with E-state index in [9.17, 15) is 14.7 Å². The Balaban J connectivity index is 0.00000220. The van der Waals surface area contributed by atoms with Gasteiger partial charge in [0.2, 0.25) is 6.41 Å². The first-order valence-corrected chi connectivity index (χ1v) is 7.87. The molecule has 0 aromatic carbocycles. The number of amides is 1. The predicted molar refractivity (Wildman–Crippen MR) is 77.3 cm³/mol. The number of hydrogen-bond acceptors (Lipinski definition) is 3. The van der Waals surface area contributed by atoms with Crippen molar-refractivity contribution in [1.29, 1.82) is 0 Å². The zero-order chi connectivity index (χ0) is 14.4. The fourth-order valence-electron chi connectivity index (χ4n) is 3.98. The van der Waals surface area contributed by atoms with Gasteiger partial charge in [-0.3, -0.25) is 14.5 Å². The maximum atomic E-state index is 11.4. The molecule has 2 aliphatic rings. The van der Waals surface area contributed by atoms with Crippen LogP contribution < -0.4 is 24.2 Å². The van der Waals surface area contributed by atoms with Gasteiger partial charge in [-0.15, -0.1) is 0 Å². The SMILES string of the molecule is O=CNC(CC(=O)O)(C1CCCCC1)N1CCCCC1.[H-].[Li+]. The van der Waals surface area contributed by atoms with Crippen LogP contribution in [0.5, 0.6) is 0 Å². The second-order valence-electron chi connectivity index (χ2n) is 6.14. The van der Waals surface area contributed by atoms with E-state index in [2.05, 4.69) is 10.2 Å². The van der Waals surface area contributed by atoms with E-state index in [1.807, 2.05) is 0 Å². The molecule has 116 valence electrons. The first-order valence-electron chi connectivity index (χ1n) is 7.87. The minimum absolute atomic E-state index is 0. The molecule has 1 saturated carbocycles. The van der Waals surface area contributed by atoms with Crippen LogP contribution in [0.3, 0.4) is 0 Å². The third-order valence-electron chi connectivity index (χ3n) is 4.93. The Morgan fingerprint density at radius 1 is 1.19 bits per heavy atom. The Hall–Kier alpha value is -0.503. The molecule has 1 atom stereocenters. The van der Waals surface area contributed by atoms with Crippen LogP contribution in [0, 0.1) is 5.92 Å². The summed E-state index contributed by atoms with van der Waals surface area (Å²) in [6.07, 6.45) is 9.63. The van der Waals surface area contributed by atoms with Gasteiger partial charge in [-0.2, -0.15) is 0 Å². The van der Waals surface area contributed by atoms with Gasteiger partial charge in [-0.1, -0.05) is 25.7 Å². The number of rotatable bonds is 6. The number of carboxylic acid groups (broad SMARTS) is 1. The zero-order valence-electron chi connectivity index (χ0n) is 14.1. The number of piperidine rings is 1. The molecule has 1 amide bonds. The van der Waals surface area contributed by atoms with Crippen LogP contribution >= 0.6 is 0 Å². The van der Waals surface area contributed by atoms with Gasteiger partial charge in [0.05, 0.1) is 6.42 Å². The fraction of sp³-hybridized carbons (Fsp3) is 0.867. The Kier molecular flexibility index (Phi) is 7.79. The first kappa shape index (κ1) is 18.5. The molecule has 2 N–H and O–H groups in total. The fourth-order valence-corrected chi connectivity index (χ4v) is 3.98. The Morgan fingerprint density at radius 2 is 1.76 bits per heavy atom. The zero-order valence-corrected chi connectivity index (χ0v) is 13.1. The van der Waals surface area contributed by atoms with E-state index < -0.39 is 11.6 Å². The Morgan fingerprint density at radius 3 is 2.29 bits per heavy atom. The molecule has 0 bridgehead atoms. The van der Waals surface area contributed by atoms with Crippen LogP contribution in [0.15, 0.2) is 0 Å². The van der Waals surface area contributed by atoms with Gasteiger partial charge in [0.25, 0.3) is 0 Å². The van der Waals surface area contributed by atoms with E-state index in [-0.39, 0.29) is 32.6 Å². The van der Waals surface area contributed by atoms with Gasteiger partial charge < -0.3 is 11.8 Å². The standard InChI is InChI=1S/C15H26N2O3.Li.H/c18-12-16-15(11-14(19)20,13-7-3-1-4-8-13)17-9-5-2-6-10-17;;/h12-13H,1-11H2,(H,16,18)(H,19,20);;/q;+1;-1. The third-order valence-corrected chi connectivity index (χ3v) is 4.93. The van der Waals surface area contributed by atoms with E-state index in [0.29, 0.717) is 6.41 Å². The number of carboxylic acids is 1. The normalized spacial score (nSPS) is 23.6. The molecule has 0 aromatic rings. The van der Waals surface area contributed by atoms with Gasteiger partial charge in [0, 0.05) is 13.1 Å². The summed E-state index contributed by atoms with van der Waals surface area (Å²) in [4.78, 5) is 24.8. The van der Waals surface area contributed by atoms with Crippen LogP contribution in [0.1, 0.15) is 59.2 Å². The summed E-state index contributed by atoms with van der Waals surface area (Å²) in [7, 11) is 0. The summed E-state index contributed by atoms with van der Waals surface area (Å²) in [6.45, 7) is 1.79. The summed E-state index contributed by atoms with van der Waals surface area (Å²) in [5.74, 6) is -0.564. The minimum Gasteiger partial charge on any atom is -1.00 e. The minimum atomic E-state index is -0.824. The van der Waals surface area contributed by atoms with E-state index in [0.717, 1.165) is 51.6 Å². The summed E-state index contributed by atoms with van der Waals surface area (Å²) in [5.41, 5.74) is -0.672. The number of hydrogen-bond donors (Lipinski definition) is 2. The van der Waals surface area contributed by atoms with Gasteiger partial charge in [-0.05, 0) is 31.6 Å². The molecule has 2 rings (SSSR count). The predicted octanol–water partition coefficient (Wildman–Crippen LogP) is -0.914. The molecule has 1 aliphatic carbocycles. The summed E-state index contributed by atoms with van der Waals surface area (Å²) < 4.78 is 0. The largest absolute Gasteiger partial charge is 1.00 e. The summed E-state index contributed by atoms with van der Waals surface area (Å²) in [6, 6.07) is 0. The van der Waals surface area contributed by atoms with Crippen molar-refractivity contribution < 1.29 is 35.0 Å². The van der Waals surface area contributed by atoms with Crippen molar-refractivity contribution >= 4 is 12.4 Å². The maximum Gasteiger partial charge on any atom is 1.00 e. The molecular weight excluding hydrogens is 263 g/mol. The molecule has 0 aromatic heterocycles. The molecule has 0 spiro atoms. The molecule has 0 radical (unpaired) electrons. The van der Waals surface area contributed by atoms with E-state index in [4.69, 9.17) is 0 Å². The first-order chi connectivity index (χ1) is 9.69. The second-order valence-corrected chi connectivity index (χ2v) is 6.14. The van der Waals surface area contributed by atoms with E-state index >= 15 is 0 Å². The smallest absolute Gasteiger partial charge is 1.00 e. The van der Waals surface area contributed by atoms with Crippen molar-refractivity contribution in [1.82, 2.24) is 10.2 Å². The van der Waals surface area contributed by atoms with E-state index in [1.165, 1.54) is 12.8 Å². The van der Waals surface area contributed by atoms with Crippen LogP contribution in [-0.4, -0.2) is 41.1 Å². The molecule has 6 heteroatoms. The number of carbonyl (C=O) groups excluding carboxylic acids is 1. The quantitative estimate of drug-likeness (QED) is 0.491. The number of aliphatic carboxylic acids is 1. The van der Waals surface area contributed by atoms with Crippen LogP contribution in [0.4, 0.5) is 0 Å². The molecule has 2 fully saturated rings. The molecule has 5 nitrogen and oxygen atoms in total. The summed E-state index contributed by atoms with van der Waals surface area (Å²) in [5, 5.41) is 12.3. The molecule has 21 heavy (non-hydrogen) atoms. The number of nitrogens with one attached hydrogen (secondary N) is 1.